The van der Waals surface area contributed by atoms with Gasteiger partial charge in [-0.15, -0.1) is 0 Å². The van der Waals surface area contributed by atoms with Gasteiger partial charge in [0.15, 0.2) is 0 Å². The predicted octanol–water partition coefficient (Wildman–Crippen LogP) is 3.28. The standard InChI is InChI=1S/C16H24F2N2O/c1-16(2,3)14(20-10-8-19-9-11-20)12-6-4-5-7-13(12)21-15(17)18/h4-7,14-15,19H,8-11H2,1-3H3/t14-/m1/s1. The molecule has 0 amide bonds. The third-order valence-electron chi connectivity index (χ3n) is 3.77. The van der Waals surface area contributed by atoms with Crippen LogP contribution in [0.3, 0.4) is 0 Å². The minimum atomic E-state index is -2.80. The van der Waals surface area contributed by atoms with E-state index >= 15 is 0 Å². The van der Waals surface area contributed by atoms with Crippen LogP contribution in [-0.2, 0) is 0 Å². The Balaban J connectivity index is 2.36. The number of nitrogens with one attached hydrogen (secondary N) is 1. The first-order valence-corrected chi connectivity index (χ1v) is 7.38. The van der Waals surface area contributed by atoms with E-state index in [4.69, 9.17) is 4.74 Å². The number of para-hydroxylation sites is 1. The Hall–Kier alpha value is -1.20. The fraction of sp³-hybridized carbons (Fsp3) is 0.625. The molecule has 0 spiro atoms. The summed E-state index contributed by atoms with van der Waals surface area (Å²) < 4.78 is 30.1. The molecule has 0 aliphatic carbocycles. The molecule has 2 rings (SSSR count). The molecule has 1 fully saturated rings. The molecular weight excluding hydrogens is 274 g/mol. The monoisotopic (exact) mass is 298 g/mol. The summed E-state index contributed by atoms with van der Waals surface area (Å²) in [5.74, 6) is 0.283. The van der Waals surface area contributed by atoms with Crippen LogP contribution in [-0.4, -0.2) is 37.7 Å². The highest BCUT2D eigenvalue weighted by Crippen LogP contribution is 2.42. The summed E-state index contributed by atoms with van der Waals surface area (Å²) in [5.41, 5.74) is 0.769. The van der Waals surface area contributed by atoms with Gasteiger partial charge < -0.3 is 10.1 Å². The van der Waals surface area contributed by atoms with Crippen molar-refractivity contribution < 1.29 is 13.5 Å². The third kappa shape index (κ3) is 4.14. The van der Waals surface area contributed by atoms with Crippen LogP contribution in [0.1, 0.15) is 32.4 Å². The molecule has 5 heteroatoms. The third-order valence-corrected chi connectivity index (χ3v) is 3.77. The summed E-state index contributed by atoms with van der Waals surface area (Å²) >= 11 is 0. The molecule has 1 aromatic carbocycles. The molecule has 1 aliphatic heterocycles. The van der Waals surface area contributed by atoms with Gasteiger partial charge >= 0.3 is 6.61 Å². The summed E-state index contributed by atoms with van der Waals surface area (Å²) in [7, 11) is 0. The van der Waals surface area contributed by atoms with E-state index in [9.17, 15) is 8.78 Å². The minimum Gasteiger partial charge on any atom is -0.434 e. The Bertz CT molecular complexity index is 454. The van der Waals surface area contributed by atoms with Gasteiger partial charge in [-0.25, -0.2) is 0 Å². The SMILES string of the molecule is CC(C)(C)[C@@H](c1ccccc1OC(F)F)N1CCNCC1. The van der Waals surface area contributed by atoms with Crippen molar-refractivity contribution in [1.29, 1.82) is 0 Å². The maximum Gasteiger partial charge on any atom is 0.387 e. The van der Waals surface area contributed by atoms with Gasteiger partial charge in [0.25, 0.3) is 0 Å². The van der Waals surface area contributed by atoms with E-state index in [-0.39, 0.29) is 17.2 Å². The Morgan fingerprint density at radius 3 is 2.33 bits per heavy atom. The smallest absolute Gasteiger partial charge is 0.387 e. The number of rotatable bonds is 4. The maximum atomic E-state index is 12.7. The number of ether oxygens (including phenoxy) is 1. The average Bonchev–Trinajstić information content (AvgIpc) is 2.40. The Morgan fingerprint density at radius 1 is 1.14 bits per heavy atom. The highest BCUT2D eigenvalue weighted by atomic mass is 19.3. The molecule has 0 aromatic heterocycles. The van der Waals surface area contributed by atoms with Crippen LogP contribution in [0.25, 0.3) is 0 Å². The summed E-state index contributed by atoms with van der Waals surface area (Å²) in [4.78, 5) is 2.35. The van der Waals surface area contributed by atoms with Crippen LogP contribution in [0.5, 0.6) is 5.75 Å². The largest absolute Gasteiger partial charge is 0.434 e. The zero-order valence-electron chi connectivity index (χ0n) is 12.9. The van der Waals surface area contributed by atoms with E-state index < -0.39 is 6.61 Å². The van der Waals surface area contributed by atoms with Gasteiger partial charge in [-0.2, -0.15) is 8.78 Å². The number of piperazine rings is 1. The van der Waals surface area contributed by atoms with E-state index in [2.05, 4.69) is 31.0 Å². The lowest BCUT2D eigenvalue weighted by atomic mass is 9.80. The number of benzene rings is 1. The normalized spacial score (nSPS) is 18.8. The Morgan fingerprint density at radius 2 is 1.76 bits per heavy atom. The number of hydrogen-bond donors (Lipinski definition) is 1. The van der Waals surface area contributed by atoms with Gasteiger partial charge in [0.1, 0.15) is 5.75 Å². The summed E-state index contributed by atoms with van der Waals surface area (Å²) in [6, 6.07) is 7.19. The number of halogens is 2. The molecule has 1 N–H and O–H groups in total. The predicted molar refractivity (Wildman–Crippen MR) is 79.7 cm³/mol. The molecule has 21 heavy (non-hydrogen) atoms. The van der Waals surface area contributed by atoms with Crippen molar-refractivity contribution in [3.8, 4) is 5.75 Å². The lowest BCUT2D eigenvalue weighted by Crippen LogP contribution is -2.48. The lowest BCUT2D eigenvalue weighted by Gasteiger charge is -2.43. The zero-order valence-corrected chi connectivity index (χ0v) is 12.9. The van der Waals surface area contributed by atoms with Crippen LogP contribution >= 0.6 is 0 Å². The molecule has 0 saturated carbocycles. The first kappa shape index (κ1) is 16.2. The maximum absolute atomic E-state index is 12.7. The lowest BCUT2D eigenvalue weighted by molar-refractivity contribution is -0.0522. The second-order valence-corrected chi connectivity index (χ2v) is 6.47. The van der Waals surface area contributed by atoms with Crippen LogP contribution in [0.4, 0.5) is 8.78 Å². The summed E-state index contributed by atoms with van der Waals surface area (Å²) in [5, 5.41) is 3.33. The zero-order chi connectivity index (χ0) is 15.5. The molecule has 1 heterocycles. The minimum absolute atomic E-state index is 0.0505. The van der Waals surface area contributed by atoms with Crippen LogP contribution in [0, 0.1) is 5.41 Å². The molecular formula is C16H24F2N2O. The van der Waals surface area contributed by atoms with E-state index in [0.29, 0.717) is 0 Å². The molecule has 0 bridgehead atoms. The van der Waals surface area contributed by atoms with Crippen LogP contribution in [0.15, 0.2) is 24.3 Å². The van der Waals surface area contributed by atoms with E-state index in [1.54, 1.807) is 12.1 Å². The van der Waals surface area contributed by atoms with E-state index in [0.717, 1.165) is 31.7 Å². The molecule has 1 saturated heterocycles. The molecule has 1 atom stereocenters. The fourth-order valence-electron chi connectivity index (χ4n) is 3.06. The number of alkyl halides is 2. The molecule has 1 aromatic rings. The topological polar surface area (TPSA) is 24.5 Å². The molecule has 118 valence electrons. The van der Waals surface area contributed by atoms with Crippen LogP contribution < -0.4 is 10.1 Å². The van der Waals surface area contributed by atoms with Gasteiger partial charge in [-0.1, -0.05) is 39.0 Å². The Labute approximate surface area is 125 Å². The molecule has 0 unspecified atom stereocenters. The first-order valence-electron chi connectivity index (χ1n) is 7.38. The number of hydrogen-bond acceptors (Lipinski definition) is 3. The van der Waals surface area contributed by atoms with Crippen molar-refractivity contribution in [2.24, 2.45) is 5.41 Å². The van der Waals surface area contributed by atoms with Gasteiger partial charge in [0.2, 0.25) is 0 Å². The molecule has 0 radical (unpaired) electrons. The van der Waals surface area contributed by atoms with Crippen molar-refractivity contribution in [3.05, 3.63) is 29.8 Å². The van der Waals surface area contributed by atoms with E-state index in [1.165, 1.54) is 0 Å². The second-order valence-electron chi connectivity index (χ2n) is 6.47. The van der Waals surface area contributed by atoms with Crippen molar-refractivity contribution in [1.82, 2.24) is 10.2 Å². The first-order chi connectivity index (χ1) is 9.89. The summed E-state index contributed by atoms with van der Waals surface area (Å²) in [6.07, 6.45) is 0. The van der Waals surface area contributed by atoms with Crippen molar-refractivity contribution in [3.63, 3.8) is 0 Å². The summed E-state index contributed by atoms with van der Waals surface area (Å²) in [6.45, 7) is 7.27. The second kappa shape index (κ2) is 6.71. The van der Waals surface area contributed by atoms with Gasteiger partial charge in [-0.05, 0) is 11.5 Å². The number of nitrogens with zero attached hydrogens (tertiary/aromatic N) is 1. The highest BCUT2D eigenvalue weighted by Gasteiger charge is 2.34. The molecule has 1 aliphatic rings. The molecule has 3 nitrogen and oxygen atoms in total. The van der Waals surface area contributed by atoms with Gasteiger partial charge in [-0.3, -0.25) is 4.90 Å². The van der Waals surface area contributed by atoms with Crippen LogP contribution in [0.2, 0.25) is 0 Å². The van der Waals surface area contributed by atoms with Crippen molar-refractivity contribution >= 4 is 0 Å². The Kier molecular flexibility index (Phi) is 5.17. The van der Waals surface area contributed by atoms with Crippen molar-refractivity contribution in [2.45, 2.75) is 33.4 Å². The van der Waals surface area contributed by atoms with E-state index in [1.807, 2.05) is 12.1 Å². The fourth-order valence-corrected chi connectivity index (χ4v) is 3.06. The van der Waals surface area contributed by atoms with Gasteiger partial charge in [0.05, 0.1) is 0 Å². The van der Waals surface area contributed by atoms with Crippen molar-refractivity contribution in [2.75, 3.05) is 26.2 Å². The highest BCUT2D eigenvalue weighted by molar-refractivity contribution is 5.37. The average molecular weight is 298 g/mol. The quantitative estimate of drug-likeness (QED) is 0.923. The van der Waals surface area contributed by atoms with Gasteiger partial charge in [0, 0.05) is 37.8 Å².